The number of hydrogen-bond acceptors (Lipinski definition) is 5. The molecule has 2 amide bonds. The van der Waals surface area contributed by atoms with E-state index in [4.69, 9.17) is 4.74 Å². The number of carbonyl (C=O) groups excluding carboxylic acids is 2. The predicted molar refractivity (Wildman–Crippen MR) is 121 cm³/mol. The van der Waals surface area contributed by atoms with Gasteiger partial charge < -0.3 is 9.29 Å². The Labute approximate surface area is 189 Å². The average molecular weight is 457 g/mol. The van der Waals surface area contributed by atoms with Crippen LogP contribution in [0.4, 0.5) is 4.39 Å². The fraction of sp³-hybridized carbons (Fsp3) is 0.375. The summed E-state index contributed by atoms with van der Waals surface area (Å²) in [5, 5.41) is 0. The van der Waals surface area contributed by atoms with E-state index in [9.17, 15) is 18.5 Å². The first-order chi connectivity index (χ1) is 14.9. The second-order valence-electron chi connectivity index (χ2n) is 9.45. The largest absolute Gasteiger partial charge is 0.591 e. The van der Waals surface area contributed by atoms with Gasteiger partial charge in [-0.3, -0.25) is 14.5 Å². The van der Waals surface area contributed by atoms with Gasteiger partial charge in [-0.15, -0.1) is 0 Å². The van der Waals surface area contributed by atoms with Crippen LogP contribution in [0.5, 0.6) is 5.75 Å². The standard InChI is InChI=1S/C24H25FN2O4S/c1-14(26-32(30)23(2,3)4)19-11-16(25)10-15-12-24(5,31-20(15)19)13-27-21(28)17-8-6-7-9-18(17)22(27)29/h6-11H,12-13H2,1-5H3/b26-14+/t24-,32-/m1/s1. The van der Waals surface area contributed by atoms with Crippen molar-refractivity contribution in [3.8, 4) is 5.75 Å². The van der Waals surface area contributed by atoms with Crippen molar-refractivity contribution in [2.45, 2.75) is 51.4 Å². The number of imide groups is 1. The number of ether oxygens (including phenoxy) is 1. The first kappa shape index (κ1) is 22.5. The number of rotatable bonds is 4. The van der Waals surface area contributed by atoms with E-state index >= 15 is 0 Å². The maximum Gasteiger partial charge on any atom is 0.261 e. The van der Waals surface area contributed by atoms with E-state index in [-0.39, 0.29) is 18.4 Å². The molecule has 0 fully saturated rings. The van der Waals surface area contributed by atoms with Crippen LogP contribution in [-0.2, 0) is 17.8 Å². The number of benzene rings is 2. The number of hydrogen-bond donors (Lipinski definition) is 0. The molecular weight excluding hydrogens is 431 g/mol. The Morgan fingerprint density at radius 3 is 2.38 bits per heavy atom. The Hall–Kier alpha value is -2.71. The third-order valence-corrected chi connectivity index (χ3v) is 7.04. The molecule has 32 heavy (non-hydrogen) atoms. The van der Waals surface area contributed by atoms with Crippen LogP contribution in [0.15, 0.2) is 40.8 Å². The summed E-state index contributed by atoms with van der Waals surface area (Å²) >= 11 is -1.51. The lowest BCUT2D eigenvalue weighted by Gasteiger charge is -2.28. The quantitative estimate of drug-likeness (QED) is 0.394. The summed E-state index contributed by atoms with van der Waals surface area (Å²) < 4.78 is 36.8. The van der Waals surface area contributed by atoms with Crippen LogP contribution in [0.3, 0.4) is 0 Å². The van der Waals surface area contributed by atoms with Gasteiger partial charge >= 0.3 is 0 Å². The van der Waals surface area contributed by atoms with Gasteiger partial charge in [0.05, 0.1) is 23.4 Å². The average Bonchev–Trinajstić information content (AvgIpc) is 3.16. The molecule has 0 aliphatic carbocycles. The number of fused-ring (bicyclic) bond motifs is 2. The molecule has 0 saturated heterocycles. The molecule has 6 nitrogen and oxygen atoms in total. The second-order valence-corrected chi connectivity index (χ2v) is 11.4. The number of halogens is 1. The molecule has 0 aromatic heterocycles. The van der Waals surface area contributed by atoms with Gasteiger partial charge in [-0.1, -0.05) is 16.5 Å². The molecule has 2 aliphatic heterocycles. The first-order valence-electron chi connectivity index (χ1n) is 10.3. The molecule has 0 bridgehead atoms. The molecule has 0 radical (unpaired) electrons. The molecule has 4 rings (SSSR count). The van der Waals surface area contributed by atoms with Crippen molar-refractivity contribution in [1.29, 1.82) is 0 Å². The molecule has 0 spiro atoms. The van der Waals surface area contributed by atoms with E-state index in [0.29, 0.717) is 40.1 Å². The van der Waals surface area contributed by atoms with Crippen molar-refractivity contribution >= 4 is 28.9 Å². The Morgan fingerprint density at radius 2 is 1.81 bits per heavy atom. The highest BCUT2D eigenvalue weighted by Gasteiger charge is 2.44. The zero-order valence-electron chi connectivity index (χ0n) is 18.7. The topological polar surface area (TPSA) is 82.0 Å². The van der Waals surface area contributed by atoms with Crippen molar-refractivity contribution < 1.29 is 23.3 Å². The molecule has 0 unspecified atom stereocenters. The molecule has 8 heteroatoms. The van der Waals surface area contributed by atoms with E-state index in [0.717, 1.165) is 0 Å². The van der Waals surface area contributed by atoms with E-state index in [1.165, 1.54) is 17.0 Å². The number of amides is 2. The maximum absolute atomic E-state index is 14.4. The fourth-order valence-electron chi connectivity index (χ4n) is 3.97. The van der Waals surface area contributed by atoms with Crippen molar-refractivity contribution in [1.82, 2.24) is 4.90 Å². The minimum absolute atomic E-state index is 0.0270. The van der Waals surface area contributed by atoms with Crippen LogP contribution < -0.4 is 4.74 Å². The summed E-state index contributed by atoms with van der Waals surface area (Å²) in [4.78, 5) is 26.8. The highest BCUT2D eigenvalue weighted by atomic mass is 32.2. The SMILES string of the molecule is C/C(=N\[S@+]([O-])C(C)(C)C)c1cc(F)cc2c1O[C@@](C)(CN1C(=O)c3ccccc3C1=O)C2. The van der Waals surface area contributed by atoms with Gasteiger partial charge in [-0.05, 0) is 58.9 Å². The minimum Gasteiger partial charge on any atom is -0.591 e. The summed E-state index contributed by atoms with van der Waals surface area (Å²) in [7, 11) is 0. The van der Waals surface area contributed by atoms with Gasteiger partial charge in [0.15, 0.2) is 0 Å². The Morgan fingerprint density at radius 1 is 1.22 bits per heavy atom. The van der Waals surface area contributed by atoms with Gasteiger partial charge in [0.2, 0.25) is 0 Å². The molecule has 2 aromatic rings. The van der Waals surface area contributed by atoms with E-state index in [2.05, 4.69) is 4.40 Å². The normalized spacial score (nSPS) is 21.5. The van der Waals surface area contributed by atoms with Gasteiger partial charge in [0.1, 0.15) is 33.3 Å². The Kier molecular flexibility index (Phi) is 5.41. The molecule has 0 N–H and O–H groups in total. The number of carbonyl (C=O) groups is 2. The van der Waals surface area contributed by atoms with Crippen LogP contribution in [-0.4, -0.2) is 43.9 Å². The van der Waals surface area contributed by atoms with Gasteiger partial charge in [-0.2, -0.15) is 0 Å². The lowest BCUT2D eigenvalue weighted by Crippen LogP contribution is -2.46. The van der Waals surface area contributed by atoms with Crippen LogP contribution in [0.25, 0.3) is 0 Å². The first-order valence-corrected chi connectivity index (χ1v) is 11.4. The van der Waals surface area contributed by atoms with Crippen molar-refractivity contribution in [3.05, 3.63) is 64.5 Å². The molecule has 0 saturated carbocycles. The summed E-state index contributed by atoms with van der Waals surface area (Å²) in [6.07, 6.45) is 0.316. The highest BCUT2D eigenvalue weighted by Crippen LogP contribution is 2.40. The highest BCUT2D eigenvalue weighted by molar-refractivity contribution is 7.91. The fourth-order valence-corrected chi connectivity index (χ4v) is 4.59. The summed E-state index contributed by atoms with van der Waals surface area (Å²) in [6.45, 7) is 8.92. The monoisotopic (exact) mass is 456 g/mol. The van der Waals surface area contributed by atoms with Crippen LogP contribution in [0.2, 0.25) is 0 Å². The molecule has 2 atom stereocenters. The molecule has 2 aliphatic rings. The molecule has 168 valence electrons. The van der Waals surface area contributed by atoms with Crippen LogP contribution in [0, 0.1) is 5.82 Å². The Balaban J connectivity index is 1.63. The van der Waals surface area contributed by atoms with E-state index in [1.54, 1.807) is 38.1 Å². The molecule has 2 heterocycles. The summed E-state index contributed by atoms with van der Waals surface area (Å²) in [6, 6.07) is 9.40. The summed E-state index contributed by atoms with van der Waals surface area (Å²) in [5.74, 6) is -0.742. The van der Waals surface area contributed by atoms with E-state index < -0.39 is 27.5 Å². The maximum atomic E-state index is 14.4. The third-order valence-electron chi connectivity index (χ3n) is 5.55. The van der Waals surface area contributed by atoms with Gasteiger partial charge in [-0.25, -0.2) is 4.39 Å². The zero-order chi connectivity index (χ0) is 23.4. The molecular formula is C24H25FN2O4S. The second kappa shape index (κ2) is 7.71. The minimum atomic E-state index is -1.51. The van der Waals surface area contributed by atoms with Crippen molar-refractivity contribution in [2.75, 3.05) is 6.54 Å². The lowest BCUT2D eigenvalue weighted by atomic mass is 9.97. The predicted octanol–water partition coefficient (Wildman–Crippen LogP) is 4.09. The zero-order valence-corrected chi connectivity index (χ0v) is 19.5. The van der Waals surface area contributed by atoms with Crippen LogP contribution in [0.1, 0.15) is 66.5 Å². The van der Waals surface area contributed by atoms with Gasteiger partial charge in [0, 0.05) is 17.5 Å². The smallest absolute Gasteiger partial charge is 0.261 e. The lowest BCUT2D eigenvalue weighted by molar-refractivity contribution is 0.0419. The van der Waals surface area contributed by atoms with Crippen molar-refractivity contribution in [3.63, 3.8) is 0 Å². The third kappa shape index (κ3) is 3.93. The van der Waals surface area contributed by atoms with Gasteiger partial charge in [0.25, 0.3) is 11.8 Å². The molecule has 2 aromatic carbocycles. The summed E-state index contributed by atoms with van der Waals surface area (Å²) in [5.41, 5.74) is 1.26. The van der Waals surface area contributed by atoms with Crippen LogP contribution >= 0.6 is 0 Å². The number of nitrogens with zero attached hydrogens (tertiary/aromatic N) is 2. The Bertz CT molecular complexity index is 1120. The van der Waals surface area contributed by atoms with Crippen molar-refractivity contribution in [2.24, 2.45) is 4.40 Å². The van der Waals surface area contributed by atoms with E-state index in [1.807, 2.05) is 20.8 Å².